The molecule has 2 aromatic carbocycles. The van der Waals surface area contributed by atoms with Crippen molar-refractivity contribution in [3.63, 3.8) is 0 Å². The second-order valence-corrected chi connectivity index (χ2v) is 8.51. The Morgan fingerprint density at radius 2 is 1.74 bits per heavy atom. The fourth-order valence-corrected chi connectivity index (χ4v) is 4.22. The summed E-state index contributed by atoms with van der Waals surface area (Å²) in [5.41, 5.74) is 1.88. The highest BCUT2D eigenvalue weighted by Crippen LogP contribution is 2.31. The number of hydrogen-bond acceptors (Lipinski definition) is 7. The first kappa shape index (κ1) is 22.3. The summed E-state index contributed by atoms with van der Waals surface area (Å²) in [7, 11) is 0. The molecule has 34 heavy (non-hydrogen) atoms. The molecule has 0 saturated carbocycles. The molecule has 9 heteroatoms. The lowest BCUT2D eigenvalue weighted by Gasteiger charge is -2.35. The summed E-state index contributed by atoms with van der Waals surface area (Å²) in [5, 5.41) is 3.95. The molecule has 1 amide bonds. The molecule has 1 fully saturated rings. The number of aryl methyl sites for hydroxylation is 1. The van der Waals surface area contributed by atoms with E-state index in [9.17, 15) is 9.18 Å². The number of aromatic nitrogens is 2. The predicted octanol–water partition coefficient (Wildman–Crippen LogP) is 3.31. The van der Waals surface area contributed by atoms with Gasteiger partial charge in [0, 0.05) is 51.1 Å². The van der Waals surface area contributed by atoms with Gasteiger partial charge in [-0.05, 0) is 48.4 Å². The van der Waals surface area contributed by atoms with E-state index in [0.29, 0.717) is 49.8 Å². The molecule has 3 heterocycles. The lowest BCUT2D eigenvalue weighted by atomic mass is 10.1. The molecular weight excluding hydrogens is 439 g/mol. The second-order valence-electron chi connectivity index (χ2n) is 8.51. The summed E-state index contributed by atoms with van der Waals surface area (Å²) in [4.78, 5) is 21.3. The molecule has 0 spiro atoms. The zero-order valence-electron chi connectivity index (χ0n) is 18.9. The molecule has 178 valence electrons. The molecule has 1 aromatic heterocycles. The molecule has 0 unspecified atom stereocenters. The Morgan fingerprint density at radius 3 is 2.53 bits per heavy atom. The number of nitrogens with zero attached hydrogens (tertiary/aromatic N) is 4. The van der Waals surface area contributed by atoms with E-state index < -0.39 is 0 Å². The Bertz CT molecular complexity index is 1130. The van der Waals surface area contributed by atoms with E-state index in [1.807, 2.05) is 17.0 Å². The van der Waals surface area contributed by atoms with E-state index in [2.05, 4.69) is 21.1 Å². The van der Waals surface area contributed by atoms with Gasteiger partial charge in [0.1, 0.15) is 19.0 Å². The van der Waals surface area contributed by atoms with Crippen molar-refractivity contribution in [2.24, 2.45) is 0 Å². The molecule has 5 rings (SSSR count). The Balaban J connectivity index is 1.04. The molecule has 3 aromatic rings. The van der Waals surface area contributed by atoms with E-state index in [1.54, 1.807) is 12.1 Å². The number of carbonyl (C=O) groups is 1. The normalized spacial score (nSPS) is 16.0. The van der Waals surface area contributed by atoms with Gasteiger partial charge in [0.05, 0.1) is 0 Å². The van der Waals surface area contributed by atoms with Crippen molar-refractivity contribution in [2.45, 2.75) is 25.8 Å². The number of piperazine rings is 1. The molecular formula is C25H27FN4O4. The smallest absolute Gasteiger partial charge is 0.226 e. The van der Waals surface area contributed by atoms with Crippen LogP contribution in [0.3, 0.4) is 0 Å². The van der Waals surface area contributed by atoms with Gasteiger partial charge in [-0.1, -0.05) is 11.2 Å². The van der Waals surface area contributed by atoms with Gasteiger partial charge in [-0.2, -0.15) is 4.98 Å². The van der Waals surface area contributed by atoms with Crippen LogP contribution in [-0.2, 0) is 17.8 Å². The lowest BCUT2D eigenvalue weighted by Crippen LogP contribution is -2.48. The zero-order chi connectivity index (χ0) is 23.3. The van der Waals surface area contributed by atoms with Gasteiger partial charge in [0.2, 0.25) is 17.6 Å². The summed E-state index contributed by atoms with van der Waals surface area (Å²) in [5.74, 6) is 2.36. The molecule has 2 aliphatic heterocycles. The Morgan fingerprint density at radius 1 is 0.971 bits per heavy atom. The van der Waals surface area contributed by atoms with E-state index in [1.165, 1.54) is 17.7 Å². The molecule has 0 atom stereocenters. The van der Waals surface area contributed by atoms with Gasteiger partial charge < -0.3 is 18.9 Å². The van der Waals surface area contributed by atoms with Gasteiger partial charge in [-0.3, -0.25) is 9.69 Å². The van der Waals surface area contributed by atoms with Crippen LogP contribution < -0.4 is 9.47 Å². The minimum Gasteiger partial charge on any atom is -0.486 e. The summed E-state index contributed by atoms with van der Waals surface area (Å²) in [6.07, 6.45) is 1.61. The SMILES string of the molecule is O=C(CCCc1nc(-c2ccc(F)cc2)no1)N1CCN(Cc2ccc3c(c2)OCCO3)CC1. The largest absolute Gasteiger partial charge is 0.486 e. The van der Waals surface area contributed by atoms with Crippen molar-refractivity contribution in [2.75, 3.05) is 39.4 Å². The maximum atomic E-state index is 13.1. The Labute approximate surface area is 197 Å². The van der Waals surface area contributed by atoms with Crippen molar-refractivity contribution < 1.29 is 23.2 Å². The minimum absolute atomic E-state index is 0.150. The average molecular weight is 467 g/mol. The standard InChI is InChI=1S/C25H27FN4O4/c26-20-7-5-19(6-8-20)25-27-23(34-28-25)2-1-3-24(31)30-12-10-29(11-13-30)17-18-4-9-21-22(16-18)33-15-14-32-21/h4-9,16H,1-3,10-15,17H2. The van der Waals surface area contributed by atoms with E-state index in [-0.39, 0.29) is 11.7 Å². The number of rotatable bonds is 7. The maximum absolute atomic E-state index is 13.1. The third-order valence-corrected chi connectivity index (χ3v) is 6.09. The minimum atomic E-state index is -0.310. The van der Waals surface area contributed by atoms with Crippen LogP contribution in [-0.4, -0.2) is 65.2 Å². The number of halogens is 1. The van der Waals surface area contributed by atoms with E-state index in [0.717, 1.165) is 44.2 Å². The number of benzene rings is 2. The number of amides is 1. The van der Waals surface area contributed by atoms with Gasteiger partial charge in [0.15, 0.2) is 11.5 Å². The lowest BCUT2D eigenvalue weighted by molar-refractivity contribution is -0.133. The Kier molecular flexibility index (Phi) is 6.71. The maximum Gasteiger partial charge on any atom is 0.226 e. The third-order valence-electron chi connectivity index (χ3n) is 6.09. The highest BCUT2D eigenvalue weighted by Gasteiger charge is 2.22. The summed E-state index contributed by atoms with van der Waals surface area (Å²) >= 11 is 0. The van der Waals surface area contributed by atoms with Gasteiger partial charge in [-0.25, -0.2) is 4.39 Å². The highest BCUT2D eigenvalue weighted by atomic mass is 19.1. The molecule has 8 nitrogen and oxygen atoms in total. The van der Waals surface area contributed by atoms with Crippen molar-refractivity contribution in [3.05, 3.63) is 59.7 Å². The average Bonchev–Trinajstić information content (AvgIpc) is 3.34. The molecule has 0 radical (unpaired) electrons. The molecule has 0 bridgehead atoms. The number of carbonyl (C=O) groups excluding carboxylic acids is 1. The predicted molar refractivity (Wildman–Crippen MR) is 122 cm³/mol. The number of fused-ring (bicyclic) bond motifs is 1. The van der Waals surface area contributed by atoms with Crippen LogP contribution in [0.5, 0.6) is 11.5 Å². The fraction of sp³-hybridized carbons (Fsp3) is 0.400. The zero-order valence-corrected chi connectivity index (χ0v) is 18.9. The van der Waals surface area contributed by atoms with Crippen LogP contribution in [0.4, 0.5) is 4.39 Å². The summed E-state index contributed by atoms with van der Waals surface area (Å²) in [6.45, 7) is 5.12. The quantitative estimate of drug-likeness (QED) is 0.528. The topological polar surface area (TPSA) is 80.9 Å². The second kappa shape index (κ2) is 10.2. The van der Waals surface area contributed by atoms with Crippen LogP contribution in [0, 0.1) is 5.82 Å². The first-order valence-electron chi connectivity index (χ1n) is 11.6. The third kappa shape index (κ3) is 5.36. The molecule has 2 aliphatic rings. The van der Waals surface area contributed by atoms with E-state index >= 15 is 0 Å². The van der Waals surface area contributed by atoms with Crippen LogP contribution in [0.2, 0.25) is 0 Å². The van der Waals surface area contributed by atoms with Crippen LogP contribution in [0.25, 0.3) is 11.4 Å². The van der Waals surface area contributed by atoms with E-state index in [4.69, 9.17) is 14.0 Å². The van der Waals surface area contributed by atoms with Gasteiger partial charge >= 0.3 is 0 Å². The first-order chi connectivity index (χ1) is 16.6. The van der Waals surface area contributed by atoms with Crippen molar-refractivity contribution in [1.29, 1.82) is 0 Å². The van der Waals surface area contributed by atoms with Crippen molar-refractivity contribution in [3.8, 4) is 22.9 Å². The van der Waals surface area contributed by atoms with Crippen LogP contribution in [0.15, 0.2) is 47.0 Å². The highest BCUT2D eigenvalue weighted by molar-refractivity contribution is 5.76. The van der Waals surface area contributed by atoms with Gasteiger partial charge in [-0.15, -0.1) is 0 Å². The number of ether oxygens (including phenoxy) is 2. The monoisotopic (exact) mass is 466 g/mol. The van der Waals surface area contributed by atoms with Crippen LogP contribution in [0.1, 0.15) is 24.3 Å². The molecule has 1 saturated heterocycles. The van der Waals surface area contributed by atoms with Crippen LogP contribution >= 0.6 is 0 Å². The molecule has 0 aliphatic carbocycles. The van der Waals surface area contributed by atoms with Crippen molar-refractivity contribution in [1.82, 2.24) is 19.9 Å². The van der Waals surface area contributed by atoms with Crippen molar-refractivity contribution >= 4 is 5.91 Å². The Hall–Kier alpha value is -3.46. The first-order valence-corrected chi connectivity index (χ1v) is 11.6. The number of hydrogen-bond donors (Lipinski definition) is 0. The fourth-order valence-electron chi connectivity index (χ4n) is 4.22. The van der Waals surface area contributed by atoms with Gasteiger partial charge in [0.25, 0.3) is 0 Å². The molecule has 0 N–H and O–H groups in total. The summed E-state index contributed by atoms with van der Waals surface area (Å²) < 4.78 is 29.6. The summed E-state index contributed by atoms with van der Waals surface area (Å²) in [6, 6.07) is 12.0.